The van der Waals surface area contributed by atoms with Crippen molar-refractivity contribution >= 4 is 29.9 Å². The van der Waals surface area contributed by atoms with E-state index in [-0.39, 0.29) is 24.4 Å². The predicted octanol–water partition coefficient (Wildman–Crippen LogP) is 3.70. The van der Waals surface area contributed by atoms with Crippen molar-refractivity contribution in [2.45, 2.75) is 32.3 Å². The van der Waals surface area contributed by atoms with Crippen LogP contribution in [-0.4, -0.2) is 48.3 Å². The number of nitrogens with two attached hydrogens (primary N) is 1. The lowest BCUT2D eigenvalue weighted by atomic mass is 10.0. The summed E-state index contributed by atoms with van der Waals surface area (Å²) in [6.45, 7) is 4.37. The second-order valence-corrected chi connectivity index (χ2v) is 6.85. The zero-order valence-corrected chi connectivity index (χ0v) is 16.9. The molecule has 0 spiro atoms. The predicted molar refractivity (Wildman–Crippen MR) is 107 cm³/mol. The van der Waals surface area contributed by atoms with Crippen LogP contribution in [0.2, 0.25) is 5.02 Å². The summed E-state index contributed by atoms with van der Waals surface area (Å²) in [6.07, 6.45) is 2.70. The molecule has 0 atom stereocenters. The van der Waals surface area contributed by atoms with Crippen molar-refractivity contribution in [3.63, 3.8) is 0 Å². The van der Waals surface area contributed by atoms with E-state index in [1.165, 1.54) is 0 Å². The number of nitrogens with zero attached hydrogens (tertiary/aromatic N) is 2. The molecule has 2 heterocycles. The third kappa shape index (κ3) is 5.02. The van der Waals surface area contributed by atoms with E-state index < -0.39 is 0 Å². The normalized spacial score (nSPS) is 14.9. The van der Waals surface area contributed by atoms with Gasteiger partial charge in [-0.1, -0.05) is 35.0 Å². The Bertz CT molecular complexity index is 758. The molecular formula is C19H25Cl2N3O3. The van der Waals surface area contributed by atoms with Gasteiger partial charge in [-0.2, -0.15) is 0 Å². The lowest BCUT2D eigenvalue weighted by molar-refractivity contribution is 0.00843. The van der Waals surface area contributed by atoms with Gasteiger partial charge in [-0.05, 0) is 38.8 Å². The van der Waals surface area contributed by atoms with Crippen molar-refractivity contribution in [3.05, 3.63) is 40.6 Å². The lowest BCUT2D eigenvalue weighted by Crippen LogP contribution is -2.41. The van der Waals surface area contributed by atoms with Gasteiger partial charge in [0.15, 0.2) is 0 Å². The second-order valence-electron chi connectivity index (χ2n) is 6.45. The number of carbonyl (C=O) groups is 1. The number of likely N-dealkylation sites (tertiary alicyclic amines) is 1. The molecule has 1 aliphatic rings. The van der Waals surface area contributed by atoms with Gasteiger partial charge in [0.2, 0.25) is 0 Å². The maximum absolute atomic E-state index is 13.1. The van der Waals surface area contributed by atoms with Crippen LogP contribution in [0.5, 0.6) is 0 Å². The number of hydrogen-bond acceptors (Lipinski definition) is 5. The minimum Gasteiger partial charge on any atom is -0.378 e. The summed E-state index contributed by atoms with van der Waals surface area (Å²) >= 11 is 6.28. The number of benzene rings is 1. The Morgan fingerprint density at radius 1 is 1.37 bits per heavy atom. The topological polar surface area (TPSA) is 81.6 Å². The lowest BCUT2D eigenvalue weighted by Gasteiger charge is -2.32. The van der Waals surface area contributed by atoms with Crippen molar-refractivity contribution in [2.24, 2.45) is 5.73 Å². The van der Waals surface area contributed by atoms with Crippen molar-refractivity contribution in [3.8, 4) is 11.3 Å². The van der Waals surface area contributed by atoms with E-state index in [9.17, 15) is 4.79 Å². The first-order valence-corrected chi connectivity index (χ1v) is 9.31. The zero-order valence-electron chi connectivity index (χ0n) is 15.3. The SMILES string of the molecule is Cc1onc(-c2ccccc2Cl)c1C(=O)N1CCC(OCCCN)CC1.Cl. The van der Waals surface area contributed by atoms with E-state index in [4.69, 9.17) is 26.6 Å². The number of piperidine rings is 1. The summed E-state index contributed by atoms with van der Waals surface area (Å²) in [5.41, 5.74) is 7.18. The summed E-state index contributed by atoms with van der Waals surface area (Å²) in [7, 11) is 0. The molecule has 27 heavy (non-hydrogen) atoms. The number of halogens is 2. The van der Waals surface area contributed by atoms with Gasteiger partial charge in [0.1, 0.15) is 17.0 Å². The molecule has 1 aliphatic heterocycles. The molecular weight excluding hydrogens is 389 g/mol. The molecule has 6 nitrogen and oxygen atoms in total. The van der Waals surface area contributed by atoms with E-state index in [1.54, 1.807) is 13.0 Å². The molecule has 2 aromatic rings. The minimum absolute atomic E-state index is 0. The first-order valence-electron chi connectivity index (χ1n) is 8.94. The molecule has 0 bridgehead atoms. The number of aromatic nitrogens is 1. The Balaban J connectivity index is 0.00000261. The molecule has 3 rings (SSSR count). The van der Waals surface area contributed by atoms with Gasteiger partial charge in [0.05, 0.1) is 11.1 Å². The molecule has 148 valence electrons. The Morgan fingerprint density at radius 3 is 2.74 bits per heavy atom. The average molecular weight is 414 g/mol. The van der Waals surface area contributed by atoms with Crippen LogP contribution in [0.25, 0.3) is 11.3 Å². The monoisotopic (exact) mass is 413 g/mol. The van der Waals surface area contributed by atoms with E-state index in [2.05, 4.69) is 5.16 Å². The van der Waals surface area contributed by atoms with Crippen molar-refractivity contribution in [1.82, 2.24) is 10.1 Å². The quantitative estimate of drug-likeness (QED) is 0.729. The third-order valence-corrected chi connectivity index (χ3v) is 4.97. The van der Waals surface area contributed by atoms with E-state index in [0.717, 1.165) is 19.3 Å². The molecule has 1 saturated heterocycles. The second kappa shape index (κ2) is 10.1. The highest BCUT2D eigenvalue weighted by molar-refractivity contribution is 6.33. The fraction of sp³-hybridized carbons (Fsp3) is 0.474. The summed E-state index contributed by atoms with van der Waals surface area (Å²) in [6, 6.07) is 7.33. The van der Waals surface area contributed by atoms with Gasteiger partial charge in [-0.15, -0.1) is 12.4 Å². The summed E-state index contributed by atoms with van der Waals surface area (Å²) in [5, 5.41) is 4.63. The molecule has 0 aliphatic carbocycles. The molecule has 2 N–H and O–H groups in total. The summed E-state index contributed by atoms with van der Waals surface area (Å²) in [5.74, 6) is 0.435. The molecule has 0 unspecified atom stereocenters. The largest absolute Gasteiger partial charge is 0.378 e. The van der Waals surface area contributed by atoms with Gasteiger partial charge in [-0.3, -0.25) is 4.79 Å². The van der Waals surface area contributed by atoms with Crippen LogP contribution in [0, 0.1) is 6.92 Å². The molecule has 8 heteroatoms. The van der Waals surface area contributed by atoms with Crippen molar-refractivity contribution in [2.75, 3.05) is 26.2 Å². The Labute approximate surface area is 170 Å². The average Bonchev–Trinajstić information content (AvgIpc) is 3.03. The van der Waals surface area contributed by atoms with E-state index in [1.807, 2.05) is 23.1 Å². The van der Waals surface area contributed by atoms with Crippen molar-refractivity contribution < 1.29 is 14.1 Å². The number of carbonyl (C=O) groups excluding carboxylic acids is 1. The number of hydrogen-bond donors (Lipinski definition) is 1. The van der Waals surface area contributed by atoms with Crippen LogP contribution < -0.4 is 5.73 Å². The highest BCUT2D eigenvalue weighted by Gasteiger charge is 2.30. The Hall–Kier alpha value is -1.60. The Kier molecular flexibility index (Phi) is 8.10. The molecule has 0 saturated carbocycles. The fourth-order valence-electron chi connectivity index (χ4n) is 3.18. The maximum Gasteiger partial charge on any atom is 0.259 e. The first kappa shape index (κ1) is 21.7. The first-order chi connectivity index (χ1) is 12.6. The third-order valence-electron chi connectivity index (χ3n) is 4.64. The van der Waals surface area contributed by atoms with Crippen LogP contribution in [0.15, 0.2) is 28.8 Å². The van der Waals surface area contributed by atoms with Gasteiger partial charge in [-0.25, -0.2) is 0 Å². The highest BCUT2D eigenvalue weighted by atomic mass is 35.5. The molecule has 1 aromatic heterocycles. The molecule has 1 aromatic carbocycles. The van der Waals surface area contributed by atoms with Crippen LogP contribution in [0.4, 0.5) is 0 Å². The minimum atomic E-state index is -0.0703. The van der Waals surface area contributed by atoms with Gasteiger partial charge in [0, 0.05) is 25.3 Å². The summed E-state index contributed by atoms with van der Waals surface area (Å²) < 4.78 is 11.1. The molecule has 1 fully saturated rings. The standard InChI is InChI=1S/C19H24ClN3O3.ClH/c1-13-17(18(22-26-13)15-5-2-3-6-16(15)20)19(24)23-10-7-14(8-11-23)25-12-4-9-21;/h2-3,5-6,14H,4,7-12,21H2,1H3;1H. The zero-order chi connectivity index (χ0) is 18.5. The number of amides is 1. The van der Waals surface area contributed by atoms with E-state index >= 15 is 0 Å². The fourth-order valence-corrected chi connectivity index (χ4v) is 3.40. The molecule has 0 radical (unpaired) electrons. The number of rotatable bonds is 6. The Morgan fingerprint density at radius 2 is 2.07 bits per heavy atom. The number of ether oxygens (including phenoxy) is 1. The smallest absolute Gasteiger partial charge is 0.259 e. The van der Waals surface area contributed by atoms with Crippen LogP contribution in [0.3, 0.4) is 0 Å². The van der Waals surface area contributed by atoms with E-state index in [0.29, 0.717) is 53.8 Å². The van der Waals surface area contributed by atoms with Crippen LogP contribution in [-0.2, 0) is 4.74 Å². The highest BCUT2D eigenvalue weighted by Crippen LogP contribution is 2.32. The van der Waals surface area contributed by atoms with Gasteiger partial charge < -0.3 is 19.9 Å². The summed E-state index contributed by atoms with van der Waals surface area (Å²) in [4.78, 5) is 14.9. The number of aryl methyl sites for hydroxylation is 1. The molecule has 1 amide bonds. The van der Waals surface area contributed by atoms with Gasteiger partial charge in [0.25, 0.3) is 5.91 Å². The van der Waals surface area contributed by atoms with Gasteiger partial charge >= 0.3 is 0 Å². The van der Waals surface area contributed by atoms with Crippen LogP contribution in [0.1, 0.15) is 35.4 Å². The van der Waals surface area contributed by atoms with Crippen molar-refractivity contribution in [1.29, 1.82) is 0 Å². The van der Waals surface area contributed by atoms with Crippen LogP contribution >= 0.6 is 24.0 Å². The maximum atomic E-state index is 13.1.